The van der Waals surface area contributed by atoms with Gasteiger partial charge in [0.25, 0.3) is 5.91 Å². The van der Waals surface area contributed by atoms with Crippen molar-refractivity contribution in [2.24, 2.45) is 0 Å². The van der Waals surface area contributed by atoms with Gasteiger partial charge >= 0.3 is 5.69 Å². The van der Waals surface area contributed by atoms with Gasteiger partial charge < -0.3 is 4.42 Å². The van der Waals surface area contributed by atoms with E-state index in [1.807, 2.05) is 18.6 Å². The number of hydrogen-bond donors (Lipinski definition) is 2. The van der Waals surface area contributed by atoms with E-state index in [1.54, 1.807) is 6.20 Å². The van der Waals surface area contributed by atoms with Gasteiger partial charge in [-0.25, -0.2) is 22.9 Å². The largest absolute Gasteiger partial charge is 0.446 e. The highest BCUT2D eigenvalue weighted by Gasteiger charge is 2.26. The molecule has 1 aliphatic carbocycles. The minimum Gasteiger partial charge on any atom is -0.446 e. The van der Waals surface area contributed by atoms with Crippen molar-refractivity contribution in [2.45, 2.75) is 26.3 Å². The van der Waals surface area contributed by atoms with E-state index >= 15 is 0 Å². The van der Waals surface area contributed by atoms with Crippen molar-refractivity contribution < 1.29 is 17.6 Å². The summed E-state index contributed by atoms with van der Waals surface area (Å²) in [5, 5.41) is 0. The smallest absolute Gasteiger partial charge is 0.326 e. The number of nitrogens with one attached hydrogen (secondary N) is 2. The molecule has 0 spiro atoms. The number of H-pyrrole nitrogens is 1. The summed E-state index contributed by atoms with van der Waals surface area (Å²) in [5.41, 5.74) is 6.51. The van der Waals surface area contributed by atoms with Crippen LogP contribution in [0, 0.1) is 18.5 Å². The molecule has 0 aliphatic heterocycles. The molecule has 194 valence electrons. The molecule has 2 heterocycles. The van der Waals surface area contributed by atoms with Crippen molar-refractivity contribution in [3.05, 3.63) is 115 Å². The lowest BCUT2D eigenvalue weighted by Gasteiger charge is -2.22. The summed E-state index contributed by atoms with van der Waals surface area (Å²) in [6.07, 6.45) is 7.78. The first-order valence-corrected chi connectivity index (χ1v) is 14.0. The van der Waals surface area contributed by atoms with Gasteiger partial charge in [0.1, 0.15) is 17.4 Å². The number of carbonyl (C=O) groups excluding carboxylic acids is 1. The Labute approximate surface area is 223 Å². The summed E-state index contributed by atoms with van der Waals surface area (Å²) < 4.78 is 31.6. The second-order valence-corrected chi connectivity index (χ2v) is 11.5. The number of benzene rings is 2. The Morgan fingerprint density at radius 1 is 1.08 bits per heavy atom. The van der Waals surface area contributed by atoms with Crippen molar-refractivity contribution in [3.8, 4) is 0 Å². The van der Waals surface area contributed by atoms with Gasteiger partial charge in [0.15, 0.2) is 5.69 Å². The highest BCUT2D eigenvalue weighted by Crippen LogP contribution is 2.39. The van der Waals surface area contributed by atoms with Crippen LogP contribution in [-0.2, 0) is 16.6 Å². The van der Waals surface area contributed by atoms with Gasteiger partial charge in [-0.3, -0.25) is 14.3 Å². The molecule has 1 aliphatic rings. The van der Waals surface area contributed by atoms with E-state index < -0.39 is 21.6 Å². The summed E-state index contributed by atoms with van der Waals surface area (Å²) in [5.74, 6) is -1.13. The number of carbonyl (C=O) groups is 1. The molecule has 0 saturated carbocycles. The number of aromatic nitrogens is 3. The second kappa shape index (κ2) is 9.66. The SMILES string of the molecule is Cc1ccc2c(c1)C=Cc1cc(C)ccc1C2c1cn(Cc2nc(C(=O)NS(C)(=O)=O)co2)c(=O)[nH]c1=S. The molecule has 1 amide bonds. The molecule has 2 N–H and O–H groups in total. The maximum absolute atomic E-state index is 12.9. The fourth-order valence-corrected chi connectivity index (χ4v) is 5.29. The molecule has 0 saturated heterocycles. The van der Waals surface area contributed by atoms with Crippen LogP contribution in [-0.4, -0.2) is 35.1 Å². The fourth-order valence-electron chi connectivity index (χ4n) is 4.59. The Hall–Kier alpha value is -4.09. The molecule has 11 heteroatoms. The van der Waals surface area contributed by atoms with Crippen molar-refractivity contribution in [1.29, 1.82) is 0 Å². The zero-order valence-corrected chi connectivity index (χ0v) is 22.4. The number of amides is 1. The molecule has 2 aromatic heterocycles. The maximum Gasteiger partial charge on any atom is 0.326 e. The van der Waals surface area contributed by atoms with Crippen LogP contribution in [0.2, 0.25) is 0 Å². The van der Waals surface area contributed by atoms with Crippen molar-refractivity contribution in [3.63, 3.8) is 0 Å². The number of aromatic amines is 1. The molecule has 2 aromatic carbocycles. The van der Waals surface area contributed by atoms with Crippen LogP contribution < -0.4 is 10.4 Å². The minimum atomic E-state index is -3.77. The van der Waals surface area contributed by atoms with E-state index in [0.717, 1.165) is 51.5 Å². The zero-order valence-electron chi connectivity index (χ0n) is 20.8. The van der Waals surface area contributed by atoms with Gasteiger partial charge in [-0.2, -0.15) is 0 Å². The lowest BCUT2D eigenvalue weighted by molar-refractivity contribution is 0.0976. The molecule has 0 bridgehead atoms. The lowest BCUT2D eigenvalue weighted by Crippen LogP contribution is -2.29. The Balaban J connectivity index is 1.59. The van der Waals surface area contributed by atoms with Gasteiger partial charge in [0.2, 0.25) is 15.9 Å². The van der Waals surface area contributed by atoms with E-state index in [9.17, 15) is 18.0 Å². The first-order chi connectivity index (χ1) is 18.0. The van der Waals surface area contributed by atoms with Crippen molar-refractivity contribution in [2.75, 3.05) is 6.26 Å². The van der Waals surface area contributed by atoms with Crippen LogP contribution in [0.4, 0.5) is 0 Å². The third kappa shape index (κ3) is 5.15. The number of rotatable bonds is 5. The monoisotopic (exact) mass is 548 g/mol. The Kier molecular flexibility index (Phi) is 6.49. The van der Waals surface area contributed by atoms with Crippen LogP contribution in [0.15, 0.2) is 58.1 Å². The maximum atomic E-state index is 12.9. The number of fused-ring (bicyclic) bond motifs is 2. The lowest BCUT2D eigenvalue weighted by atomic mass is 9.83. The molecular weight excluding hydrogens is 524 g/mol. The van der Waals surface area contributed by atoms with Crippen molar-refractivity contribution >= 4 is 40.3 Å². The molecule has 9 nitrogen and oxygen atoms in total. The third-order valence-electron chi connectivity index (χ3n) is 6.27. The van der Waals surface area contributed by atoms with Crippen LogP contribution >= 0.6 is 12.2 Å². The van der Waals surface area contributed by atoms with E-state index in [1.165, 1.54) is 4.57 Å². The molecule has 4 aromatic rings. The average Bonchev–Trinajstić information content (AvgIpc) is 3.24. The molecule has 5 rings (SSSR count). The summed E-state index contributed by atoms with van der Waals surface area (Å²) in [6.45, 7) is 3.98. The first-order valence-electron chi connectivity index (χ1n) is 11.7. The molecule has 0 atom stereocenters. The zero-order chi connectivity index (χ0) is 27.2. The fraction of sp³-hybridized carbons (Fsp3) is 0.185. The summed E-state index contributed by atoms with van der Waals surface area (Å²) in [7, 11) is -3.77. The van der Waals surface area contributed by atoms with E-state index in [-0.39, 0.29) is 24.0 Å². The van der Waals surface area contributed by atoms with Crippen LogP contribution in [0.25, 0.3) is 12.2 Å². The van der Waals surface area contributed by atoms with Crippen LogP contribution in [0.3, 0.4) is 0 Å². The van der Waals surface area contributed by atoms with Crippen LogP contribution in [0.1, 0.15) is 61.2 Å². The number of hydrogen-bond acceptors (Lipinski definition) is 7. The summed E-state index contributed by atoms with van der Waals surface area (Å²) >= 11 is 5.65. The van der Waals surface area contributed by atoms with E-state index in [2.05, 4.69) is 58.5 Å². The van der Waals surface area contributed by atoms with Gasteiger partial charge in [-0.1, -0.05) is 71.9 Å². The Bertz CT molecular complexity index is 1790. The molecule has 38 heavy (non-hydrogen) atoms. The highest BCUT2D eigenvalue weighted by atomic mass is 32.2. The summed E-state index contributed by atoms with van der Waals surface area (Å²) in [6, 6.07) is 12.5. The number of aryl methyl sites for hydroxylation is 2. The van der Waals surface area contributed by atoms with Crippen molar-refractivity contribution in [1.82, 2.24) is 19.3 Å². The third-order valence-corrected chi connectivity index (χ3v) is 7.16. The van der Waals surface area contributed by atoms with Gasteiger partial charge in [-0.05, 0) is 36.1 Å². The predicted molar refractivity (Wildman–Crippen MR) is 146 cm³/mol. The quantitative estimate of drug-likeness (QED) is 0.319. The second-order valence-electron chi connectivity index (χ2n) is 9.33. The predicted octanol–water partition coefficient (Wildman–Crippen LogP) is 3.91. The summed E-state index contributed by atoms with van der Waals surface area (Å²) in [4.78, 5) is 31.8. The highest BCUT2D eigenvalue weighted by molar-refractivity contribution is 7.89. The average molecular weight is 549 g/mol. The van der Waals surface area contributed by atoms with Gasteiger partial charge in [-0.15, -0.1) is 0 Å². The first kappa shape index (κ1) is 25.6. The molecule has 0 unspecified atom stereocenters. The van der Waals surface area contributed by atoms with Gasteiger partial charge in [0.05, 0.1) is 6.26 Å². The van der Waals surface area contributed by atoms with E-state index in [4.69, 9.17) is 16.6 Å². The van der Waals surface area contributed by atoms with Crippen LogP contribution in [0.5, 0.6) is 0 Å². The molecule has 0 fully saturated rings. The standard InChI is InChI=1S/C27H24N4O5S2/c1-15-4-8-19-17(10-15)6-7-18-11-16(2)5-9-20(18)24(19)21-12-31(27(33)29-26(21)37)13-23-28-22(14-36-23)25(32)30-38(3,34)35/h4-12,14,24H,13H2,1-3H3,(H,30,32)(H,29,33,37). The minimum absolute atomic E-state index is 0.0526. The molecule has 0 radical (unpaired) electrons. The topological polar surface area (TPSA) is 127 Å². The Morgan fingerprint density at radius 2 is 1.68 bits per heavy atom. The van der Waals surface area contributed by atoms with Gasteiger partial charge in [0, 0.05) is 17.7 Å². The number of sulfonamides is 1. The normalized spacial score (nSPS) is 13.0. The number of nitrogens with zero attached hydrogens (tertiary/aromatic N) is 2. The molecular formula is C27H24N4O5S2. The number of oxazole rings is 1. The Morgan fingerprint density at radius 3 is 2.26 bits per heavy atom. The van der Waals surface area contributed by atoms with E-state index in [0.29, 0.717) is 4.64 Å².